The summed E-state index contributed by atoms with van der Waals surface area (Å²) < 4.78 is 44.0. The van der Waals surface area contributed by atoms with Crippen molar-refractivity contribution in [2.75, 3.05) is 15.5 Å². The van der Waals surface area contributed by atoms with Gasteiger partial charge >= 0.3 is 17.8 Å². The molecule has 0 aliphatic heterocycles. The molecule has 2 aromatic heterocycles. The second-order valence-corrected chi connectivity index (χ2v) is 8.15. The van der Waals surface area contributed by atoms with Crippen LogP contribution in [0.5, 0.6) is 0 Å². The summed E-state index contributed by atoms with van der Waals surface area (Å²) in [5.41, 5.74) is 3.12. The Morgan fingerprint density at radius 2 is 1.83 bits per heavy atom. The molecule has 12 heteroatoms. The minimum Gasteiger partial charge on any atom is -0.408 e. The number of nitrogens with zero attached hydrogens (tertiary/aromatic N) is 3. The molecule has 1 aliphatic rings. The van der Waals surface area contributed by atoms with Gasteiger partial charge in [-0.05, 0) is 62.2 Å². The molecule has 0 saturated heterocycles. The maximum absolute atomic E-state index is 13.0. The molecule has 1 saturated carbocycles. The third-order valence-corrected chi connectivity index (χ3v) is 5.43. The van der Waals surface area contributed by atoms with Crippen LogP contribution in [0.25, 0.3) is 11.1 Å². The van der Waals surface area contributed by atoms with E-state index in [9.17, 15) is 22.8 Å². The molecule has 0 atom stereocenters. The number of halogens is 3. The predicted octanol–water partition coefficient (Wildman–Crippen LogP) is 4.76. The molecule has 9 nitrogen and oxygen atoms in total. The highest BCUT2D eigenvalue weighted by Crippen LogP contribution is 2.36. The number of nitrogens with one attached hydrogen (secondary N) is 3. The molecule has 2 aromatic carbocycles. The number of carbonyl (C=O) groups excluding carboxylic acids is 1. The van der Waals surface area contributed by atoms with Crippen LogP contribution in [0.1, 0.15) is 18.4 Å². The first-order valence-electron chi connectivity index (χ1n) is 10.7. The van der Waals surface area contributed by atoms with Gasteiger partial charge in [-0.25, -0.2) is 9.78 Å². The zero-order valence-electron chi connectivity index (χ0n) is 18.3. The van der Waals surface area contributed by atoms with Gasteiger partial charge in [-0.2, -0.15) is 18.2 Å². The minimum absolute atomic E-state index is 0.181. The van der Waals surface area contributed by atoms with Gasteiger partial charge in [0.15, 0.2) is 5.58 Å². The van der Waals surface area contributed by atoms with Crippen molar-refractivity contribution in [3.05, 3.63) is 64.8 Å². The molecule has 180 valence electrons. The van der Waals surface area contributed by atoms with Crippen LogP contribution in [-0.2, 0) is 4.79 Å². The molecule has 1 amide bonds. The number of oxazole rings is 1. The maximum atomic E-state index is 13.0. The number of rotatable bonds is 6. The van der Waals surface area contributed by atoms with Crippen LogP contribution in [0.4, 0.5) is 42.0 Å². The van der Waals surface area contributed by atoms with Gasteiger partial charge < -0.3 is 20.0 Å². The number of benzene rings is 2. The summed E-state index contributed by atoms with van der Waals surface area (Å²) in [4.78, 5) is 35.3. The van der Waals surface area contributed by atoms with Crippen molar-refractivity contribution in [1.82, 2.24) is 15.0 Å². The minimum atomic E-state index is -4.93. The fourth-order valence-corrected chi connectivity index (χ4v) is 3.59. The van der Waals surface area contributed by atoms with Gasteiger partial charge in [0.25, 0.3) is 0 Å². The normalized spacial score (nSPS) is 13.6. The monoisotopic (exact) mass is 484 g/mol. The number of aromatic nitrogens is 3. The summed E-state index contributed by atoms with van der Waals surface area (Å²) in [5.74, 6) is -1.64. The van der Waals surface area contributed by atoms with Crippen molar-refractivity contribution in [2.24, 2.45) is 0 Å². The van der Waals surface area contributed by atoms with Crippen LogP contribution >= 0.6 is 0 Å². The standard InChI is InChI=1S/C23H19F3N6O3/c1-12-11-27-21(31-19(12)28-14-4-9-18-17(10-14)30-22(34)35-18)29-13-2-5-15(6-3-13)32(16-7-8-16)20(33)23(24,25)26/h2-6,9-11,16H,7-8H2,1H3,(H,30,34)(H2,27,28,29,31). The van der Waals surface area contributed by atoms with Gasteiger partial charge in [-0.15, -0.1) is 0 Å². The van der Waals surface area contributed by atoms with Crippen molar-refractivity contribution in [3.63, 3.8) is 0 Å². The Hall–Kier alpha value is -4.35. The number of hydrogen-bond acceptors (Lipinski definition) is 7. The van der Waals surface area contributed by atoms with Crippen LogP contribution < -0.4 is 21.3 Å². The fraction of sp³-hybridized carbons (Fsp3) is 0.217. The molecular formula is C23H19F3N6O3. The molecule has 5 rings (SSSR count). The molecule has 35 heavy (non-hydrogen) atoms. The Balaban J connectivity index is 1.33. The van der Waals surface area contributed by atoms with Crippen LogP contribution in [-0.4, -0.2) is 33.1 Å². The molecular weight excluding hydrogens is 465 g/mol. The lowest BCUT2D eigenvalue weighted by Crippen LogP contribution is -2.42. The van der Waals surface area contributed by atoms with Crippen molar-refractivity contribution in [1.29, 1.82) is 0 Å². The Morgan fingerprint density at radius 3 is 2.51 bits per heavy atom. The van der Waals surface area contributed by atoms with Gasteiger partial charge in [0.2, 0.25) is 5.95 Å². The number of carbonyl (C=O) groups is 1. The van der Waals surface area contributed by atoms with E-state index in [-0.39, 0.29) is 11.6 Å². The van der Waals surface area contributed by atoms with E-state index in [4.69, 9.17) is 4.42 Å². The first-order valence-corrected chi connectivity index (χ1v) is 10.7. The number of hydrogen-bond donors (Lipinski definition) is 3. The van der Waals surface area contributed by atoms with E-state index in [2.05, 4.69) is 25.6 Å². The van der Waals surface area contributed by atoms with Crippen LogP contribution in [0.15, 0.2) is 57.9 Å². The third-order valence-electron chi connectivity index (χ3n) is 5.43. The highest BCUT2D eigenvalue weighted by molar-refractivity contribution is 5.98. The highest BCUT2D eigenvalue weighted by Gasteiger charge is 2.47. The van der Waals surface area contributed by atoms with Crippen LogP contribution in [0.2, 0.25) is 0 Å². The lowest BCUT2D eigenvalue weighted by molar-refractivity contribution is -0.170. The molecule has 4 aromatic rings. The third kappa shape index (κ3) is 4.81. The van der Waals surface area contributed by atoms with E-state index < -0.39 is 23.9 Å². The van der Waals surface area contributed by atoms with E-state index in [1.165, 1.54) is 12.1 Å². The number of aryl methyl sites for hydroxylation is 1. The zero-order valence-corrected chi connectivity index (χ0v) is 18.3. The van der Waals surface area contributed by atoms with Crippen molar-refractivity contribution >= 4 is 45.8 Å². The van der Waals surface area contributed by atoms with Gasteiger partial charge in [0.05, 0.1) is 5.52 Å². The molecule has 1 fully saturated rings. The summed E-state index contributed by atoms with van der Waals surface area (Å²) >= 11 is 0. The first-order chi connectivity index (χ1) is 16.7. The lowest BCUT2D eigenvalue weighted by Gasteiger charge is -2.23. The van der Waals surface area contributed by atoms with Crippen molar-refractivity contribution in [2.45, 2.75) is 32.0 Å². The van der Waals surface area contributed by atoms with Crippen molar-refractivity contribution < 1.29 is 22.4 Å². The summed E-state index contributed by atoms with van der Waals surface area (Å²) in [6, 6.07) is 10.7. The Morgan fingerprint density at radius 1 is 1.11 bits per heavy atom. The second kappa shape index (κ2) is 8.46. The molecule has 0 bridgehead atoms. The summed E-state index contributed by atoms with van der Waals surface area (Å²) in [6.07, 6.45) is -2.24. The average Bonchev–Trinajstić information content (AvgIpc) is 3.56. The summed E-state index contributed by atoms with van der Waals surface area (Å²) in [6.45, 7) is 1.82. The molecule has 1 aliphatic carbocycles. The van der Waals surface area contributed by atoms with Gasteiger partial charge in [0, 0.05) is 34.9 Å². The Kier molecular flexibility index (Phi) is 5.42. The van der Waals surface area contributed by atoms with E-state index in [1.807, 2.05) is 6.92 Å². The van der Waals surface area contributed by atoms with E-state index in [1.54, 1.807) is 36.5 Å². The largest absolute Gasteiger partial charge is 0.471 e. The number of anilines is 5. The molecule has 2 heterocycles. The summed E-state index contributed by atoms with van der Waals surface area (Å²) in [5, 5.41) is 6.17. The smallest absolute Gasteiger partial charge is 0.408 e. The number of H-pyrrole nitrogens is 1. The van der Waals surface area contributed by atoms with Gasteiger partial charge in [-0.1, -0.05) is 0 Å². The molecule has 3 N–H and O–H groups in total. The van der Waals surface area contributed by atoms with E-state index >= 15 is 0 Å². The number of amides is 1. The van der Waals surface area contributed by atoms with E-state index in [0.29, 0.717) is 41.1 Å². The van der Waals surface area contributed by atoms with Gasteiger partial charge in [-0.3, -0.25) is 9.78 Å². The van der Waals surface area contributed by atoms with Crippen LogP contribution in [0, 0.1) is 6.92 Å². The van der Waals surface area contributed by atoms with Gasteiger partial charge in [0.1, 0.15) is 5.82 Å². The predicted molar refractivity (Wildman–Crippen MR) is 123 cm³/mol. The SMILES string of the molecule is Cc1cnc(Nc2ccc(N(C(=O)C(F)(F)F)C3CC3)cc2)nc1Nc1ccc2oc(=O)[nH]c2c1. The maximum Gasteiger partial charge on any atom is 0.471 e. The van der Waals surface area contributed by atoms with Crippen molar-refractivity contribution in [3.8, 4) is 0 Å². The Bertz CT molecular complexity index is 1460. The quantitative estimate of drug-likeness (QED) is 0.361. The van der Waals surface area contributed by atoms with Crippen LogP contribution in [0.3, 0.4) is 0 Å². The average molecular weight is 484 g/mol. The second-order valence-electron chi connectivity index (χ2n) is 8.15. The first kappa shape index (κ1) is 22.4. The summed E-state index contributed by atoms with van der Waals surface area (Å²) in [7, 11) is 0. The zero-order chi connectivity index (χ0) is 24.7. The topological polar surface area (TPSA) is 116 Å². The number of aromatic amines is 1. The number of alkyl halides is 3. The molecule has 0 radical (unpaired) electrons. The number of fused-ring (bicyclic) bond motifs is 1. The fourth-order valence-electron chi connectivity index (χ4n) is 3.59. The molecule has 0 unspecified atom stereocenters. The highest BCUT2D eigenvalue weighted by atomic mass is 19.4. The Labute approximate surface area is 196 Å². The molecule has 0 spiro atoms. The van der Waals surface area contributed by atoms with E-state index in [0.717, 1.165) is 10.5 Å². The lowest BCUT2D eigenvalue weighted by atomic mass is 10.2.